The molecule has 0 rings (SSSR count). The third-order valence-electron chi connectivity index (χ3n) is 2.77. The third kappa shape index (κ3) is 4.38. The van der Waals surface area contributed by atoms with Gasteiger partial charge in [0.1, 0.15) is 30.5 Å². The molecule has 0 saturated heterocycles. The number of hydrogen-bond acceptors (Lipinski definition) is 6. The Bertz CT molecular complexity index is 356. The second kappa shape index (κ2) is 8.11. The van der Waals surface area contributed by atoms with Crippen molar-refractivity contribution in [3.63, 3.8) is 0 Å². The molecule has 0 aliphatic carbocycles. The maximum Gasteiger partial charge on any atom is 0.215 e. The van der Waals surface area contributed by atoms with Crippen LogP contribution in [0.2, 0.25) is 0 Å². The highest BCUT2D eigenvalue weighted by molar-refractivity contribution is 5.04. The van der Waals surface area contributed by atoms with Gasteiger partial charge in [-0.3, -0.25) is 0 Å². The molecular formula is C14H22O6. The van der Waals surface area contributed by atoms with Crippen molar-refractivity contribution in [1.82, 2.24) is 0 Å². The summed E-state index contributed by atoms with van der Waals surface area (Å²) in [5.74, 6) is -2.37. The van der Waals surface area contributed by atoms with E-state index in [4.69, 9.17) is 4.74 Å². The predicted octanol–water partition coefficient (Wildman–Crippen LogP) is -0.752. The molecule has 20 heavy (non-hydrogen) atoms. The zero-order chi connectivity index (χ0) is 15.9. The highest BCUT2D eigenvalue weighted by Crippen LogP contribution is 2.22. The molecule has 6 atom stereocenters. The molecule has 0 radical (unpaired) electrons. The van der Waals surface area contributed by atoms with Crippen LogP contribution in [0.3, 0.4) is 0 Å². The van der Waals surface area contributed by atoms with E-state index >= 15 is 0 Å². The first-order chi connectivity index (χ1) is 9.27. The van der Waals surface area contributed by atoms with Crippen molar-refractivity contribution in [3.05, 3.63) is 50.6 Å². The number of aliphatic hydroxyl groups is 5. The van der Waals surface area contributed by atoms with Gasteiger partial charge in [0.05, 0.1) is 0 Å². The maximum atomic E-state index is 10.1. The lowest BCUT2D eigenvalue weighted by molar-refractivity contribution is -0.265. The molecule has 0 spiro atoms. The van der Waals surface area contributed by atoms with E-state index in [0.29, 0.717) is 0 Å². The highest BCUT2D eigenvalue weighted by atomic mass is 16.6. The normalized spacial score (nSPS) is 21.6. The zero-order valence-corrected chi connectivity index (χ0v) is 11.2. The Balaban J connectivity index is 5.16. The van der Waals surface area contributed by atoms with Crippen LogP contribution in [-0.2, 0) is 4.74 Å². The van der Waals surface area contributed by atoms with Gasteiger partial charge < -0.3 is 30.3 Å². The van der Waals surface area contributed by atoms with E-state index in [1.54, 1.807) is 0 Å². The minimum absolute atomic E-state index is 0.855. The van der Waals surface area contributed by atoms with E-state index in [2.05, 4.69) is 26.3 Å². The second-order valence-electron chi connectivity index (χ2n) is 4.16. The summed E-state index contributed by atoms with van der Waals surface area (Å²) in [5.41, 5.74) is 0. The summed E-state index contributed by atoms with van der Waals surface area (Å²) in [7, 11) is 0. The Hall–Kier alpha value is -1.28. The second-order valence-corrected chi connectivity index (χ2v) is 4.16. The van der Waals surface area contributed by atoms with Gasteiger partial charge in [0, 0.05) is 0 Å². The fraction of sp³-hybridized carbons (Fsp3) is 0.429. The highest BCUT2D eigenvalue weighted by Gasteiger charge is 2.41. The van der Waals surface area contributed by atoms with Crippen LogP contribution in [0.5, 0.6) is 0 Å². The summed E-state index contributed by atoms with van der Waals surface area (Å²) in [5, 5.41) is 48.6. The van der Waals surface area contributed by atoms with Crippen LogP contribution in [-0.4, -0.2) is 61.8 Å². The standard InChI is InChI=1S/C14H22O6/c1-5-9(15)12(17)11(7-3)20-14(19,8-4)13(18)10(16)6-2/h5-13,15-19H,1-4H2. The molecule has 0 aliphatic heterocycles. The van der Waals surface area contributed by atoms with E-state index in [9.17, 15) is 25.5 Å². The third-order valence-corrected chi connectivity index (χ3v) is 2.77. The lowest BCUT2D eigenvalue weighted by Gasteiger charge is -2.36. The van der Waals surface area contributed by atoms with Crippen molar-refractivity contribution in [2.45, 2.75) is 36.3 Å². The van der Waals surface area contributed by atoms with E-state index in [1.807, 2.05) is 0 Å². The first-order valence-corrected chi connectivity index (χ1v) is 5.91. The first kappa shape index (κ1) is 18.7. The van der Waals surface area contributed by atoms with Crippen molar-refractivity contribution in [1.29, 1.82) is 0 Å². The van der Waals surface area contributed by atoms with Gasteiger partial charge in [-0.2, -0.15) is 0 Å². The topological polar surface area (TPSA) is 110 Å². The number of rotatable bonds is 10. The predicted molar refractivity (Wildman–Crippen MR) is 74.6 cm³/mol. The van der Waals surface area contributed by atoms with Crippen molar-refractivity contribution in [3.8, 4) is 0 Å². The fourth-order valence-corrected chi connectivity index (χ4v) is 1.42. The number of hydrogen-bond donors (Lipinski definition) is 5. The molecule has 0 fully saturated rings. The summed E-state index contributed by atoms with van der Waals surface area (Å²) >= 11 is 0. The first-order valence-electron chi connectivity index (χ1n) is 5.91. The van der Waals surface area contributed by atoms with Gasteiger partial charge in [-0.25, -0.2) is 0 Å². The Morgan fingerprint density at radius 1 is 0.850 bits per heavy atom. The average Bonchev–Trinajstić information content (AvgIpc) is 2.48. The Morgan fingerprint density at radius 3 is 1.70 bits per heavy atom. The summed E-state index contributed by atoms with van der Waals surface area (Å²) in [6.07, 6.45) is -3.24. The van der Waals surface area contributed by atoms with Gasteiger partial charge in [0.25, 0.3) is 0 Å². The van der Waals surface area contributed by atoms with Crippen molar-refractivity contribution >= 4 is 0 Å². The molecule has 0 amide bonds. The van der Waals surface area contributed by atoms with Gasteiger partial charge in [0.2, 0.25) is 5.79 Å². The van der Waals surface area contributed by atoms with Gasteiger partial charge in [-0.1, -0.05) is 24.8 Å². The van der Waals surface area contributed by atoms with Gasteiger partial charge >= 0.3 is 0 Å². The molecule has 0 heterocycles. The van der Waals surface area contributed by atoms with Crippen LogP contribution in [0.4, 0.5) is 0 Å². The van der Waals surface area contributed by atoms with Crippen LogP contribution in [0.25, 0.3) is 0 Å². The van der Waals surface area contributed by atoms with E-state index in [1.165, 1.54) is 0 Å². The molecule has 0 aliphatic rings. The lowest BCUT2D eigenvalue weighted by atomic mass is 10.0. The van der Waals surface area contributed by atoms with Crippen LogP contribution < -0.4 is 0 Å². The largest absolute Gasteiger partial charge is 0.387 e. The molecule has 0 saturated carbocycles. The molecular weight excluding hydrogens is 264 g/mol. The molecule has 114 valence electrons. The van der Waals surface area contributed by atoms with Crippen LogP contribution in [0, 0.1) is 0 Å². The smallest absolute Gasteiger partial charge is 0.215 e. The molecule has 0 aromatic heterocycles. The van der Waals surface area contributed by atoms with Crippen LogP contribution in [0.15, 0.2) is 50.6 Å². The van der Waals surface area contributed by atoms with Gasteiger partial charge in [0.15, 0.2) is 0 Å². The van der Waals surface area contributed by atoms with Crippen LogP contribution >= 0.6 is 0 Å². The van der Waals surface area contributed by atoms with Crippen molar-refractivity contribution in [2.75, 3.05) is 0 Å². The monoisotopic (exact) mass is 286 g/mol. The lowest BCUT2D eigenvalue weighted by Crippen LogP contribution is -2.53. The molecule has 6 nitrogen and oxygen atoms in total. The van der Waals surface area contributed by atoms with Gasteiger partial charge in [-0.05, 0) is 6.08 Å². The number of ether oxygens (including phenoxy) is 1. The molecule has 0 bridgehead atoms. The molecule has 5 N–H and O–H groups in total. The molecule has 0 aromatic rings. The summed E-state index contributed by atoms with van der Waals surface area (Å²) in [6.45, 7) is 13.3. The summed E-state index contributed by atoms with van der Waals surface area (Å²) in [6, 6.07) is 0. The van der Waals surface area contributed by atoms with E-state index in [-0.39, 0.29) is 0 Å². The van der Waals surface area contributed by atoms with E-state index < -0.39 is 36.3 Å². The SMILES string of the molecule is C=CC(O)C(O)C(C=C)OC(O)(C=C)C(O)C(O)C=C. The molecule has 6 unspecified atom stereocenters. The zero-order valence-electron chi connectivity index (χ0n) is 11.2. The molecule has 0 aromatic carbocycles. The van der Waals surface area contributed by atoms with E-state index in [0.717, 1.165) is 24.3 Å². The minimum Gasteiger partial charge on any atom is -0.387 e. The number of aliphatic hydroxyl groups excluding tert-OH is 4. The minimum atomic E-state index is -2.37. The van der Waals surface area contributed by atoms with Crippen molar-refractivity contribution in [2.24, 2.45) is 0 Å². The maximum absolute atomic E-state index is 10.1. The molecule has 6 heteroatoms. The summed E-state index contributed by atoms with van der Waals surface area (Å²) < 4.78 is 5.11. The summed E-state index contributed by atoms with van der Waals surface area (Å²) in [4.78, 5) is 0. The Labute approximate surface area is 118 Å². The quantitative estimate of drug-likeness (QED) is 0.267. The Morgan fingerprint density at radius 2 is 1.35 bits per heavy atom. The fourth-order valence-electron chi connectivity index (χ4n) is 1.42. The average molecular weight is 286 g/mol. The van der Waals surface area contributed by atoms with Crippen LogP contribution in [0.1, 0.15) is 0 Å². The van der Waals surface area contributed by atoms with Crippen molar-refractivity contribution < 1.29 is 30.3 Å². The Kier molecular flexibility index (Phi) is 7.59. The van der Waals surface area contributed by atoms with Gasteiger partial charge in [-0.15, -0.1) is 19.7 Å².